The van der Waals surface area contributed by atoms with Gasteiger partial charge in [-0.15, -0.1) is 0 Å². The molecule has 0 radical (unpaired) electrons. The van der Waals surface area contributed by atoms with Gasteiger partial charge in [-0.25, -0.2) is 4.98 Å². The number of aromatic nitrogens is 4. The number of rotatable bonds is 5. The average molecular weight is 593 g/mol. The van der Waals surface area contributed by atoms with E-state index in [4.69, 9.17) is 17.0 Å². The summed E-state index contributed by atoms with van der Waals surface area (Å²) in [6.45, 7) is 1.85. The second-order valence-electron chi connectivity index (χ2n) is 10.3. The third-order valence-electron chi connectivity index (χ3n) is 7.50. The van der Waals surface area contributed by atoms with E-state index in [-0.39, 0.29) is 17.4 Å². The predicted octanol–water partition coefficient (Wildman–Crippen LogP) is 4.96. The number of benzene rings is 1. The standard InChI is InChI=1S/C32H29ClN8O2/c1-19-4-3-5-29(27-11-21(8-9-38-27)31(36-2)28(15-35)40-32(19)43)41-18-39-26(13-30(41)42)25-12-23(33)6-7-24(25)22-10-20(14-34)16-37-17-22/h6-13,15-19,29,35-36H,3-5H2,1-2H3,(H,40,43)/b31-28+,35-15?. The number of fused-ring (bicyclic) bond motifs is 2. The number of halogens is 1. The molecule has 1 aliphatic rings. The Hall–Kier alpha value is -5.14. The van der Waals surface area contributed by atoms with Gasteiger partial charge in [0.1, 0.15) is 6.07 Å². The molecule has 0 aliphatic carbocycles. The summed E-state index contributed by atoms with van der Waals surface area (Å²) in [6.07, 6.45) is 9.22. The lowest BCUT2D eigenvalue weighted by molar-refractivity contribution is -0.123. The molecule has 0 saturated carbocycles. The molecule has 2 unspecified atom stereocenters. The van der Waals surface area contributed by atoms with Gasteiger partial charge in [0, 0.05) is 65.6 Å². The Kier molecular flexibility index (Phi) is 8.74. The molecule has 2 atom stereocenters. The molecule has 0 fully saturated rings. The van der Waals surface area contributed by atoms with Crippen molar-refractivity contribution >= 4 is 29.4 Å². The second-order valence-corrected chi connectivity index (χ2v) is 10.7. The van der Waals surface area contributed by atoms with Gasteiger partial charge in [-0.3, -0.25) is 24.1 Å². The highest BCUT2D eigenvalue weighted by atomic mass is 35.5. The maximum atomic E-state index is 13.7. The summed E-state index contributed by atoms with van der Waals surface area (Å²) in [5, 5.41) is 23.7. The van der Waals surface area contributed by atoms with E-state index < -0.39 is 6.04 Å². The van der Waals surface area contributed by atoms with Gasteiger partial charge in [-0.1, -0.05) is 31.0 Å². The second kappa shape index (κ2) is 12.8. The van der Waals surface area contributed by atoms with E-state index in [0.29, 0.717) is 63.8 Å². The van der Waals surface area contributed by atoms with Crippen LogP contribution in [0.25, 0.3) is 28.1 Å². The maximum absolute atomic E-state index is 13.7. The van der Waals surface area contributed by atoms with Crippen molar-refractivity contribution < 1.29 is 4.79 Å². The largest absolute Gasteiger partial charge is 0.386 e. The zero-order chi connectivity index (χ0) is 30.5. The number of allylic oxidation sites excluding steroid dienone is 1. The number of carbonyl (C=O) groups is 1. The highest BCUT2D eigenvalue weighted by Crippen LogP contribution is 2.33. The molecule has 0 spiro atoms. The first-order chi connectivity index (χ1) is 20.8. The molecule has 216 valence electrons. The quantitative estimate of drug-likeness (QED) is 0.277. The minimum atomic E-state index is -0.444. The Bertz CT molecular complexity index is 1840. The van der Waals surface area contributed by atoms with Crippen LogP contribution >= 0.6 is 11.6 Å². The van der Waals surface area contributed by atoms with Gasteiger partial charge in [-0.05, 0) is 48.7 Å². The molecule has 10 nitrogen and oxygen atoms in total. The summed E-state index contributed by atoms with van der Waals surface area (Å²) in [6, 6.07) is 13.8. The lowest BCUT2D eigenvalue weighted by atomic mass is 9.96. The molecular weight excluding hydrogens is 564 g/mol. The van der Waals surface area contributed by atoms with E-state index in [1.807, 2.05) is 19.1 Å². The van der Waals surface area contributed by atoms with Crippen molar-refractivity contribution in [1.82, 2.24) is 30.2 Å². The number of hydrogen-bond donors (Lipinski definition) is 3. The van der Waals surface area contributed by atoms with Crippen LogP contribution < -0.4 is 16.2 Å². The zero-order valence-corrected chi connectivity index (χ0v) is 24.4. The van der Waals surface area contributed by atoms with Gasteiger partial charge < -0.3 is 16.0 Å². The summed E-state index contributed by atoms with van der Waals surface area (Å²) in [7, 11) is 1.72. The first-order valence-electron chi connectivity index (χ1n) is 13.8. The Labute approximate surface area is 253 Å². The van der Waals surface area contributed by atoms with Crippen molar-refractivity contribution in [2.45, 2.75) is 32.2 Å². The molecule has 1 aliphatic heterocycles. The van der Waals surface area contributed by atoms with E-state index in [2.05, 4.69) is 31.7 Å². The Morgan fingerprint density at radius 1 is 1.09 bits per heavy atom. The molecule has 0 saturated heterocycles. The minimum absolute atomic E-state index is 0.173. The number of amides is 1. The maximum Gasteiger partial charge on any atom is 0.254 e. The van der Waals surface area contributed by atoms with E-state index in [1.54, 1.807) is 48.3 Å². The van der Waals surface area contributed by atoms with Crippen molar-refractivity contribution in [3.63, 3.8) is 0 Å². The number of nitriles is 1. The number of nitrogens with zero attached hydrogens (tertiary/aromatic N) is 5. The zero-order valence-electron chi connectivity index (χ0n) is 23.6. The lowest BCUT2D eigenvalue weighted by Gasteiger charge is -2.23. The molecule has 1 aromatic carbocycles. The van der Waals surface area contributed by atoms with Crippen molar-refractivity contribution in [3.05, 3.63) is 105 Å². The van der Waals surface area contributed by atoms with Crippen molar-refractivity contribution in [3.8, 4) is 28.5 Å². The third-order valence-corrected chi connectivity index (χ3v) is 7.74. The van der Waals surface area contributed by atoms with Gasteiger partial charge in [0.15, 0.2) is 0 Å². The number of hydrogen-bond acceptors (Lipinski definition) is 8. The highest BCUT2D eigenvalue weighted by molar-refractivity contribution is 6.31. The van der Waals surface area contributed by atoms with Crippen molar-refractivity contribution in [1.29, 1.82) is 10.7 Å². The first kappa shape index (κ1) is 29.4. The molecule has 5 rings (SSSR count). The Morgan fingerprint density at radius 2 is 1.93 bits per heavy atom. The molecule has 2 bridgehead atoms. The fraction of sp³-hybridized carbons (Fsp3) is 0.219. The summed E-state index contributed by atoms with van der Waals surface area (Å²) in [5.74, 6) is -0.472. The van der Waals surface area contributed by atoms with Crippen molar-refractivity contribution in [2.24, 2.45) is 5.92 Å². The van der Waals surface area contributed by atoms with Crippen LogP contribution in [-0.4, -0.2) is 38.7 Å². The van der Waals surface area contributed by atoms with Crippen LogP contribution in [0.15, 0.2) is 77.9 Å². The topological polar surface area (TPSA) is 149 Å². The van der Waals surface area contributed by atoms with Crippen LogP contribution in [0.1, 0.15) is 49.0 Å². The van der Waals surface area contributed by atoms with Gasteiger partial charge in [0.25, 0.3) is 5.56 Å². The lowest BCUT2D eigenvalue weighted by Crippen LogP contribution is -2.32. The smallest absolute Gasteiger partial charge is 0.254 e. The number of nitrogens with one attached hydrogen (secondary N) is 3. The van der Waals surface area contributed by atoms with Crippen LogP contribution in [0.4, 0.5) is 0 Å². The van der Waals surface area contributed by atoms with E-state index >= 15 is 0 Å². The van der Waals surface area contributed by atoms with Gasteiger partial charge in [0.2, 0.25) is 5.91 Å². The molecule has 3 aromatic heterocycles. The summed E-state index contributed by atoms with van der Waals surface area (Å²) in [5.41, 5.74) is 4.94. The van der Waals surface area contributed by atoms with E-state index in [9.17, 15) is 14.9 Å². The highest BCUT2D eigenvalue weighted by Gasteiger charge is 2.23. The first-order valence-corrected chi connectivity index (χ1v) is 14.1. The van der Waals surface area contributed by atoms with E-state index in [1.165, 1.54) is 18.6 Å². The third kappa shape index (κ3) is 6.22. The van der Waals surface area contributed by atoms with Crippen LogP contribution in [0.3, 0.4) is 0 Å². The van der Waals surface area contributed by atoms with E-state index in [0.717, 1.165) is 17.3 Å². The molecular formula is C32H29ClN8O2. The fourth-order valence-electron chi connectivity index (χ4n) is 5.25. The monoisotopic (exact) mass is 592 g/mol. The molecule has 3 N–H and O–H groups in total. The fourth-order valence-corrected chi connectivity index (χ4v) is 5.42. The molecule has 1 amide bonds. The Balaban J connectivity index is 1.60. The SMILES string of the molecule is CN/C1=C(\C=N)NC(=O)C(C)CCCC(n2cnc(-c3cc(Cl)ccc3-c3cncc(C#N)c3)cc2=O)c2cc1ccn2. The van der Waals surface area contributed by atoms with Gasteiger partial charge >= 0.3 is 0 Å². The Morgan fingerprint density at radius 3 is 2.67 bits per heavy atom. The summed E-state index contributed by atoms with van der Waals surface area (Å²) in [4.78, 5) is 40.1. The molecule has 43 heavy (non-hydrogen) atoms. The number of pyridine rings is 2. The summed E-state index contributed by atoms with van der Waals surface area (Å²) < 4.78 is 1.56. The van der Waals surface area contributed by atoms with Crippen LogP contribution in [-0.2, 0) is 4.79 Å². The number of carbonyl (C=O) groups excluding carboxylic acids is 1. The van der Waals surface area contributed by atoms with Crippen LogP contribution in [0.2, 0.25) is 5.02 Å². The minimum Gasteiger partial charge on any atom is -0.386 e. The molecule has 4 aromatic rings. The summed E-state index contributed by atoms with van der Waals surface area (Å²) >= 11 is 6.36. The molecule has 11 heteroatoms. The van der Waals surface area contributed by atoms with Crippen LogP contribution in [0, 0.1) is 22.7 Å². The van der Waals surface area contributed by atoms with Crippen LogP contribution in [0.5, 0.6) is 0 Å². The van der Waals surface area contributed by atoms with Crippen molar-refractivity contribution in [2.75, 3.05) is 7.05 Å². The van der Waals surface area contributed by atoms with Gasteiger partial charge in [0.05, 0.1) is 40.7 Å². The predicted molar refractivity (Wildman–Crippen MR) is 165 cm³/mol. The van der Waals surface area contributed by atoms with Gasteiger partial charge in [-0.2, -0.15) is 5.26 Å². The normalized spacial score (nSPS) is 18.9. The molecule has 4 heterocycles. The average Bonchev–Trinajstić information content (AvgIpc) is 3.02.